The molecule has 0 rings (SSSR count). The van der Waals surface area contributed by atoms with Crippen LogP contribution in [0.15, 0.2) is 12.3 Å². The van der Waals surface area contributed by atoms with Crippen LogP contribution in [0.4, 0.5) is 0 Å². The van der Waals surface area contributed by atoms with E-state index >= 15 is 0 Å². The summed E-state index contributed by atoms with van der Waals surface area (Å²) in [6.45, 7) is 6.31. The van der Waals surface area contributed by atoms with Crippen molar-refractivity contribution in [3.63, 3.8) is 0 Å². The second-order valence-electron chi connectivity index (χ2n) is 3.42. The van der Waals surface area contributed by atoms with E-state index < -0.39 is 5.97 Å². The quantitative estimate of drug-likeness (QED) is 0.458. The molecule has 0 aromatic rings. The molecule has 0 aliphatic carbocycles. The fourth-order valence-electron chi connectivity index (χ4n) is 0.766. The Morgan fingerprint density at radius 3 is 2.79 bits per heavy atom. The highest BCUT2D eigenvalue weighted by Crippen LogP contribution is 1.97. The number of hydrogen-bond acceptors (Lipinski definition) is 3. The van der Waals surface area contributed by atoms with Gasteiger partial charge in [0.15, 0.2) is 0 Å². The van der Waals surface area contributed by atoms with Crippen LogP contribution in [0.25, 0.3) is 0 Å². The molecule has 0 saturated heterocycles. The van der Waals surface area contributed by atoms with Crippen molar-refractivity contribution in [3.05, 3.63) is 12.3 Å². The highest BCUT2D eigenvalue weighted by Gasteiger charge is 1.92. The Labute approximate surface area is 85.0 Å². The molecule has 4 nitrogen and oxygen atoms in total. The normalized spacial score (nSPS) is 11.1. The highest BCUT2D eigenvalue weighted by atomic mass is 16.5. The van der Waals surface area contributed by atoms with Gasteiger partial charge in [0.25, 0.3) is 0 Å². The molecule has 0 fully saturated rings. The van der Waals surface area contributed by atoms with Crippen LogP contribution >= 0.6 is 0 Å². The number of carbonyl (C=O) groups is 1. The first kappa shape index (κ1) is 13.0. The van der Waals surface area contributed by atoms with Crippen LogP contribution in [0.3, 0.4) is 0 Å². The van der Waals surface area contributed by atoms with E-state index in [1.54, 1.807) is 0 Å². The van der Waals surface area contributed by atoms with Gasteiger partial charge in [-0.2, -0.15) is 0 Å². The smallest absolute Gasteiger partial charge is 0.329 e. The van der Waals surface area contributed by atoms with Crippen molar-refractivity contribution in [2.24, 2.45) is 5.92 Å². The van der Waals surface area contributed by atoms with E-state index in [2.05, 4.69) is 19.2 Å². The number of carboxylic acids is 1. The minimum Gasteiger partial charge on any atom is -0.478 e. The summed E-state index contributed by atoms with van der Waals surface area (Å²) in [6, 6.07) is 0. The van der Waals surface area contributed by atoms with Gasteiger partial charge in [-0.15, -0.1) is 0 Å². The van der Waals surface area contributed by atoms with Gasteiger partial charge in [0.05, 0.1) is 6.61 Å². The van der Waals surface area contributed by atoms with Gasteiger partial charge in [-0.1, -0.05) is 13.8 Å². The summed E-state index contributed by atoms with van der Waals surface area (Å²) in [6.07, 6.45) is 3.53. The van der Waals surface area contributed by atoms with E-state index in [0.717, 1.165) is 19.1 Å². The largest absolute Gasteiger partial charge is 0.478 e. The number of nitrogens with one attached hydrogen (secondary N) is 1. The molecule has 14 heavy (non-hydrogen) atoms. The molecule has 0 bridgehead atoms. The van der Waals surface area contributed by atoms with Gasteiger partial charge in [0, 0.05) is 25.4 Å². The van der Waals surface area contributed by atoms with Crippen molar-refractivity contribution in [3.8, 4) is 0 Å². The third kappa shape index (κ3) is 11.0. The van der Waals surface area contributed by atoms with Crippen molar-refractivity contribution in [2.75, 3.05) is 19.8 Å². The molecule has 4 heteroatoms. The van der Waals surface area contributed by atoms with Crippen molar-refractivity contribution >= 4 is 5.97 Å². The van der Waals surface area contributed by atoms with Crippen LogP contribution in [0.2, 0.25) is 0 Å². The van der Waals surface area contributed by atoms with Crippen LogP contribution in [-0.4, -0.2) is 30.8 Å². The Morgan fingerprint density at radius 2 is 2.21 bits per heavy atom. The molecule has 0 unspecified atom stereocenters. The zero-order chi connectivity index (χ0) is 10.8. The first-order valence-corrected chi connectivity index (χ1v) is 4.83. The van der Waals surface area contributed by atoms with Crippen molar-refractivity contribution in [1.82, 2.24) is 5.32 Å². The predicted octanol–water partition coefficient (Wildman–Crippen LogP) is 1.24. The van der Waals surface area contributed by atoms with E-state index in [0.29, 0.717) is 19.1 Å². The lowest BCUT2D eigenvalue weighted by Gasteiger charge is -2.05. The van der Waals surface area contributed by atoms with Crippen LogP contribution in [-0.2, 0) is 9.53 Å². The molecule has 0 aromatic heterocycles. The Bertz CT molecular complexity index is 178. The summed E-state index contributed by atoms with van der Waals surface area (Å²) in [5.74, 6) is -0.284. The number of carboxylic acid groups (broad SMARTS) is 1. The maximum absolute atomic E-state index is 10.1. The molecular weight excluding hydrogens is 182 g/mol. The molecule has 0 atom stereocenters. The summed E-state index contributed by atoms with van der Waals surface area (Å²) >= 11 is 0. The number of ether oxygens (including phenoxy) is 1. The molecule has 2 N–H and O–H groups in total. The molecule has 0 saturated carbocycles. The lowest BCUT2D eigenvalue weighted by atomic mass is 10.1. The predicted molar refractivity (Wildman–Crippen MR) is 55.1 cm³/mol. The maximum Gasteiger partial charge on any atom is 0.329 e. The van der Waals surface area contributed by atoms with Gasteiger partial charge < -0.3 is 15.2 Å². The summed E-state index contributed by atoms with van der Waals surface area (Å²) in [7, 11) is 0. The van der Waals surface area contributed by atoms with E-state index in [4.69, 9.17) is 9.84 Å². The summed E-state index contributed by atoms with van der Waals surface area (Å²) in [4.78, 5) is 10.1. The van der Waals surface area contributed by atoms with E-state index in [9.17, 15) is 4.79 Å². The Kier molecular flexibility index (Phi) is 7.93. The lowest BCUT2D eigenvalue weighted by molar-refractivity contribution is -0.131. The van der Waals surface area contributed by atoms with Gasteiger partial charge in [0.1, 0.15) is 0 Å². The lowest BCUT2D eigenvalue weighted by Crippen LogP contribution is -2.14. The van der Waals surface area contributed by atoms with Gasteiger partial charge in [-0.25, -0.2) is 4.79 Å². The topological polar surface area (TPSA) is 58.6 Å². The number of aliphatic carboxylic acids is 1. The van der Waals surface area contributed by atoms with Gasteiger partial charge in [-0.05, 0) is 12.3 Å². The zero-order valence-corrected chi connectivity index (χ0v) is 8.82. The molecule has 0 radical (unpaired) electrons. The van der Waals surface area contributed by atoms with Crippen LogP contribution in [0.5, 0.6) is 0 Å². The van der Waals surface area contributed by atoms with Gasteiger partial charge in [-0.3, -0.25) is 0 Å². The summed E-state index contributed by atoms with van der Waals surface area (Å²) < 4.78 is 5.31. The minimum absolute atomic E-state index is 0.608. The Hall–Kier alpha value is -1.03. The number of hydrogen-bond donors (Lipinski definition) is 2. The fraction of sp³-hybridized carbons (Fsp3) is 0.700. The first-order chi connectivity index (χ1) is 6.63. The minimum atomic E-state index is -0.946. The molecule has 0 heterocycles. The van der Waals surface area contributed by atoms with Gasteiger partial charge >= 0.3 is 5.97 Å². The summed E-state index contributed by atoms with van der Waals surface area (Å²) in [5.41, 5.74) is 0. The first-order valence-electron chi connectivity index (χ1n) is 4.83. The van der Waals surface area contributed by atoms with Crippen LogP contribution in [0.1, 0.15) is 20.3 Å². The molecule has 82 valence electrons. The molecule has 0 amide bonds. The van der Waals surface area contributed by atoms with Crippen molar-refractivity contribution in [1.29, 1.82) is 0 Å². The molecule has 0 aromatic carbocycles. The van der Waals surface area contributed by atoms with E-state index in [-0.39, 0.29) is 0 Å². The average molecular weight is 201 g/mol. The number of rotatable bonds is 8. The van der Waals surface area contributed by atoms with Crippen molar-refractivity contribution in [2.45, 2.75) is 20.3 Å². The van der Waals surface area contributed by atoms with Crippen LogP contribution in [0, 0.1) is 5.92 Å². The Morgan fingerprint density at radius 1 is 1.50 bits per heavy atom. The second kappa shape index (κ2) is 8.56. The highest BCUT2D eigenvalue weighted by molar-refractivity contribution is 5.79. The maximum atomic E-state index is 10.1. The molecule has 0 aliphatic rings. The Balaban J connectivity index is 3.10. The standard InChI is InChI=1S/C10H19NO3/c1-9(2)4-7-14-8-6-11-5-3-10(12)13/h3,5,9,11H,4,6-8H2,1-2H3,(H,12,13)/b5-3+. The fourth-order valence-corrected chi connectivity index (χ4v) is 0.766. The zero-order valence-electron chi connectivity index (χ0n) is 8.82. The molecular formula is C10H19NO3. The average Bonchev–Trinajstić information content (AvgIpc) is 2.08. The van der Waals surface area contributed by atoms with E-state index in [1.165, 1.54) is 6.20 Å². The van der Waals surface area contributed by atoms with Crippen molar-refractivity contribution < 1.29 is 14.6 Å². The molecule has 0 spiro atoms. The van der Waals surface area contributed by atoms with E-state index in [1.807, 2.05) is 0 Å². The second-order valence-corrected chi connectivity index (χ2v) is 3.42. The molecule has 0 aliphatic heterocycles. The third-order valence-corrected chi connectivity index (χ3v) is 1.57. The summed E-state index contributed by atoms with van der Waals surface area (Å²) in [5, 5.41) is 11.1. The van der Waals surface area contributed by atoms with Gasteiger partial charge in [0.2, 0.25) is 0 Å². The van der Waals surface area contributed by atoms with Crippen LogP contribution < -0.4 is 5.32 Å². The third-order valence-electron chi connectivity index (χ3n) is 1.57. The monoisotopic (exact) mass is 201 g/mol. The SMILES string of the molecule is CC(C)CCOCCN/C=C/C(=O)O.